The van der Waals surface area contributed by atoms with E-state index in [9.17, 15) is 5.21 Å². The fraction of sp³-hybridized carbons (Fsp3) is 0.750. The van der Waals surface area contributed by atoms with E-state index in [4.69, 9.17) is 10.4 Å². The molecule has 0 bridgehead atoms. The molecule has 2 atom stereocenters. The number of rotatable bonds is 4. The molecule has 0 aliphatic rings. The zero-order valence-electron chi connectivity index (χ0n) is 8.84. The second-order valence-corrected chi connectivity index (χ2v) is 3.21. The molecule has 0 saturated carbocycles. The molecule has 0 aliphatic heterocycles. The Hall–Kier alpha value is -1.14. The van der Waals surface area contributed by atoms with Crippen molar-refractivity contribution < 1.29 is 15.6 Å². The molecule has 6 nitrogen and oxygen atoms in total. The number of nitrogens with zero attached hydrogens (tertiary/aromatic N) is 3. The third kappa shape index (κ3) is 2.97. The summed E-state index contributed by atoms with van der Waals surface area (Å²) < 4.78 is 0. The maximum absolute atomic E-state index is 9.64. The van der Waals surface area contributed by atoms with E-state index in [2.05, 4.69) is 10.3 Å². The maximum Gasteiger partial charge on any atom is 0.0741 e. The Morgan fingerprint density at radius 1 is 1.00 bits per heavy atom. The highest BCUT2D eigenvalue weighted by Crippen LogP contribution is 2.05. The van der Waals surface area contributed by atoms with E-state index in [1.54, 1.807) is 27.7 Å². The van der Waals surface area contributed by atoms with Crippen molar-refractivity contribution in [2.24, 2.45) is 10.3 Å². The molecular weight excluding hydrogens is 186 g/mol. The molecule has 6 heteroatoms. The second-order valence-electron chi connectivity index (χ2n) is 3.21. The molecule has 0 rings (SSSR count). The smallest absolute Gasteiger partial charge is 0.0741 e. The molecule has 0 fully saturated rings. The van der Waals surface area contributed by atoms with Crippen molar-refractivity contribution in [3.63, 3.8) is 0 Å². The van der Waals surface area contributed by atoms with Crippen molar-refractivity contribution in [3.05, 3.63) is 0 Å². The second kappa shape index (κ2) is 5.56. The highest BCUT2D eigenvalue weighted by atomic mass is 16.5. The van der Waals surface area contributed by atoms with Crippen LogP contribution < -0.4 is 0 Å². The average Bonchev–Trinajstić information content (AvgIpc) is 2.23. The summed E-state index contributed by atoms with van der Waals surface area (Å²) in [5.74, 6) is 0. The Balaban J connectivity index is 4.54. The number of hydroxylamine groups is 2. The Morgan fingerprint density at radius 3 is 1.50 bits per heavy atom. The normalized spacial score (nSPS) is 18.4. The molecule has 0 spiro atoms. The van der Waals surface area contributed by atoms with Gasteiger partial charge in [0.15, 0.2) is 0 Å². The standard InChI is InChI=1S/C8H17N3O3/c1-5(9-12)7(3)11(14)8(4)6(2)10-13/h7-8,12-14H,1-4H3/b9-5-,10-6-/t7-,8+. The Bertz CT molecular complexity index is 216. The van der Waals surface area contributed by atoms with E-state index in [0.717, 1.165) is 5.06 Å². The predicted molar refractivity (Wildman–Crippen MR) is 52.3 cm³/mol. The van der Waals surface area contributed by atoms with E-state index in [1.807, 2.05) is 0 Å². The molecule has 0 amide bonds. The molecule has 0 aromatic carbocycles. The lowest BCUT2D eigenvalue weighted by atomic mass is 10.1. The monoisotopic (exact) mass is 203 g/mol. The van der Waals surface area contributed by atoms with Gasteiger partial charge in [-0.2, -0.15) is 5.06 Å². The quantitative estimate of drug-likeness (QED) is 0.363. The average molecular weight is 203 g/mol. The van der Waals surface area contributed by atoms with E-state index >= 15 is 0 Å². The third-order valence-electron chi connectivity index (χ3n) is 2.32. The van der Waals surface area contributed by atoms with Gasteiger partial charge in [0.25, 0.3) is 0 Å². The van der Waals surface area contributed by atoms with Crippen LogP contribution >= 0.6 is 0 Å². The van der Waals surface area contributed by atoms with Gasteiger partial charge in [0, 0.05) is 0 Å². The Labute approximate surface area is 83.1 Å². The highest BCUT2D eigenvalue weighted by molar-refractivity contribution is 5.89. The fourth-order valence-electron chi connectivity index (χ4n) is 0.885. The van der Waals surface area contributed by atoms with Crippen LogP contribution in [-0.4, -0.2) is 44.2 Å². The van der Waals surface area contributed by atoms with Crippen molar-refractivity contribution in [2.75, 3.05) is 0 Å². The van der Waals surface area contributed by atoms with Crippen LogP contribution in [-0.2, 0) is 0 Å². The van der Waals surface area contributed by atoms with E-state index in [0.29, 0.717) is 11.4 Å². The minimum absolute atomic E-state index is 0.380. The first-order valence-corrected chi connectivity index (χ1v) is 4.30. The van der Waals surface area contributed by atoms with Crippen LogP contribution in [0.3, 0.4) is 0 Å². The fourth-order valence-corrected chi connectivity index (χ4v) is 0.885. The minimum atomic E-state index is -0.438. The lowest BCUT2D eigenvalue weighted by Gasteiger charge is -2.27. The van der Waals surface area contributed by atoms with Gasteiger partial charge in [-0.3, -0.25) is 0 Å². The zero-order valence-corrected chi connectivity index (χ0v) is 8.84. The van der Waals surface area contributed by atoms with E-state index < -0.39 is 12.1 Å². The molecular formula is C8H17N3O3. The third-order valence-corrected chi connectivity index (χ3v) is 2.32. The molecule has 0 radical (unpaired) electrons. The largest absolute Gasteiger partial charge is 0.411 e. The van der Waals surface area contributed by atoms with Crippen molar-refractivity contribution in [1.29, 1.82) is 0 Å². The molecule has 0 saturated heterocycles. The Morgan fingerprint density at radius 2 is 1.29 bits per heavy atom. The summed E-state index contributed by atoms with van der Waals surface area (Å²) >= 11 is 0. The summed E-state index contributed by atoms with van der Waals surface area (Å²) in [6.07, 6.45) is 0. The van der Waals surface area contributed by atoms with Gasteiger partial charge in [-0.05, 0) is 27.7 Å². The molecule has 14 heavy (non-hydrogen) atoms. The lowest BCUT2D eigenvalue weighted by molar-refractivity contribution is -0.116. The highest BCUT2D eigenvalue weighted by Gasteiger charge is 2.22. The van der Waals surface area contributed by atoms with Gasteiger partial charge in [-0.25, -0.2) is 0 Å². The maximum atomic E-state index is 9.64. The van der Waals surface area contributed by atoms with Crippen molar-refractivity contribution in [3.8, 4) is 0 Å². The SMILES string of the molecule is C/C(=N/O)[C@@H](C)N(O)[C@@H](C)/C(C)=N\O. The van der Waals surface area contributed by atoms with Crippen LogP contribution in [0.1, 0.15) is 27.7 Å². The van der Waals surface area contributed by atoms with Gasteiger partial charge in [0.05, 0.1) is 23.5 Å². The topological polar surface area (TPSA) is 88.7 Å². The van der Waals surface area contributed by atoms with E-state index in [1.165, 1.54) is 0 Å². The van der Waals surface area contributed by atoms with Gasteiger partial charge in [-0.15, -0.1) is 0 Å². The summed E-state index contributed by atoms with van der Waals surface area (Å²) in [6.45, 7) is 6.53. The summed E-state index contributed by atoms with van der Waals surface area (Å²) in [5.41, 5.74) is 0.759. The van der Waals surface area contributed by atoms with Crippen LogP contribution in [0.25, 0.3) is 0 Å². The van der Waals surface area contributed by atoms with Gasteiger partial charge in [0.1, 0.15) is 0 Å². The lowest BCUT2D eigenvalue weighted by Crippen LogP contribution is -2.44. The van der Waals surface area contributed by atoms with Crippen molar-refractivity contribution in [2.45, 2.75) is 39.8 Å². The van der Waals surface area contributed by atoms with Crippen molar-refractivity contribution >= 4 is 11.4 Å². The Kier molecular flexibility index (Phi) is 5.11. The van der Waals surface area contributed by atoms with Crippen LogP contribution in [0, 0.1) is 0 Å². The molecule has 0 aromatic rings. The van der Waals surface area contributed by atoms with Crippen molar-refractivity contribution in [1.82, 2.24) is 5.06 Å². The number of oxime groups is 2. The molecule has 82 valence electrons. The van der Waals surface area contributed by atoms with Crippen LogP contribution in [0.5, 0.6) is 0 Å². The first-order valence-electron chi connectivity index (χ1n) is 4.30. The van der Waals surface area contributed by atoms with Crippen LogP contribution in [0.2, 0.25) is 0 Å². The van der Waals surface area contributed by atoms with Crippen LogP contribution in [0.4, 0.5) is 0 Å². The van der Waals surface area contributed by atoms with Crippen LogP contribution in [0.15, 0.2) is 10.3 Å². The molecule has 0 heterocycles. The summed E-state index contributed by atoms with van der Waals surface area (Å²) in [4.78, 5) is 0. The molecule has 0 aliphatic carbocycles. The van der Waals surface area contributed by atoms with Gasteiger partial charge in [-0.1, -0.05) is 10.3 Å². The van der Waals surface area contributed by atoms with Gasteiger partial charge in [0.2, 0.25) is 0 Å². The zero-order chi connectivity index (χ0) is 11.3. The summed E-state index contributed by atoms with van der Waals surface area (Å²) in [7, 11) is 0. The summed E-state index contributed by atoms with van der Waals surface area (Å²) in [6, 6.07) is -0.876. The minimum Gasteiger partial charge on any atom is -0.411 e. The number of hydrogen-bond donors (Lipinski definition) is 3. The molecule has 0 aromatic heterocycles. The van der Waals surface area contributed by atoms with Gasteiger partial charge < -0.3 is 15.6 Å². The first kappa shape index (κ1) is 12.9. The summed E-state index contributed by atoms with van der Waals surface area (Å²) in [5, 5.41) is 33.6. The van der Waals surface area contributed by atoms with Gasteiger partial charge >= 0.3 is 0 Å². The predicted octanol–water partition coefficient (Wildman–Crippen LogP) is 1.15. The van der Waals surface area contributed by atoms with E-state index in [-0.39, 0.29) is 0 Å². The molecule has 0 unspecified atom stereocenters. The first-order chi connectivity index (χ1) is 6.45. The number of hydrogen-bond acceptors (Lipinski definition) is 6. The molecule has 3 N–H and O–H groups in total.